The van der Waals surface area contributed by atoms with Crippen LogP contribution in [0.3, 0.4) is 0 Å². The Morgan fingerprint density at radius 1 is 1.12 bits per heavy atom. The fourth-order valence-electron chi connectivity index (χ4n) is 3.55. The van der Waals surface area contributed by atoms with Gasteiger partial charge in [-0.1, -0.05) is 36.8 Å². The van der Waals surface area contributed by atoms with Gasteiger partial charge in [-0.3, -0.25) is 9.59 Å². The summed E-state index contributed by atoms with van der Waals surface area (Å²) in [6.07, 6.45) is 0.360. The SMILES string of the molecule is CCN1CCN(C(=O)C2CC(=O)N(Cc3ccc(C)cc3)C2)CC1. The molecular formula is C19H27N3O2. The molecule has 2 aliphatic rings. The van der Waals surface area contributed by atoms with Crippen molar-refractivity contribution in [3.05, 3.63) is 35.4 Å². The molecule has 1 aromatic rings. The molecule has 1 atom stereocenters. The summed E-state index contributed by atoms with van der Waals surface area (Å²) >= 11 is 0. The quantitative estimate of drug-likeness (QED) is 0.841. The molecular weight excluding hydrogens is 302 g/mol. The molecule has 0 saturated carbocycles. The van der Waals surface area contributed by atoms with E-state index in [1.54, 1.807) is 0 Å². The van der Waals surface area contributed by atoms with Gasteiger partial charge in [0.25, 0.3) is 0 Å². The maximum absolute atomic E-state index is 12.7. The van der Waals surface area contributed by atoms with E-state index in [0.717, 1.165) is 38.3 Å². The van der Waals surface area contributed by atoms with Crippen LogP contribution in [-0.2, 0) is 16.1 Å². The number of hydrogen-bond acceptors (Lipinski definition) is 3. The lowest BCUT2D eigenvalue weighted by molar-refractivity contribution is -0.137. The topological polar surface area (TPSA) is 43.9 Å². The van der Waals surface area contributed by atoms with Crippen molar-refractivity contribution in [2.75, 3.05) is 39.3 Å². The van der Waals surface area contributed by atoms with Gasteiger partial charge in [0.15, 0.2) is 0 Å². The van der Waals surface area contributed by atoms with E-state index in [1.165, 1.54) is 5.56 Å². The number of likely N-dealkylation sites (tertiary alicyclic amines) is 1. The van der Waals surface area contributed by atoms with Crippen LogP contribution in [0.5, 0.6) is 0 Å². The second-order valence-corrected chi connectivity index (χ2v) is 6.92. The van der Waals surface area contributed by atoms with Gasteiger partial charge in [-0.2, -0.15) is 0 Å². The number of likely N-dealkylation sites (N-methyl/N-ethyl adjacent to an activating group) is 1. The Labute approximate surface area is 144 Å². The van der Waals surface area contributed by atoms with Gasteiger partial charge >= 0.3 is 0 Å². The molecule has 0 spiro atoms. The predicted molar refractivity (Wildman–Crippen MR) is 93.4 cm³/mol. The van der Waals surface area contributed by atoms with Gasteiger partial charge < -0.3 is 14.7 Å². The summed E-state index contributed by atoms with van der Waals surface area (Å²) in [5.41, 5.74) is 2.34. The third kappa shape index (κ3) is 3.78. The van der Waals surface area contributed by atoms with Gasteiger partial charge in [0.1, 0.15) is 0 Å². The highest BCUT2D eigenvalue weighted by atomic mass is 16.2. The first-order valence-corrected chi connectivity index (χ1v) is 8.91. The molecule has 1 unspecified atom stereocenters. The molecule has 0 aliphatic carbocycles. The largest absolute Gasteiger partial charge is 0.340 e. The number of rotatable bonds is 4. The fourth-order valence-corrected chi connectivity index (χ4v) is 3.55. The van der Waals surface area contributed by atoms with Gasteiger partial charge in [-0.15, -0.1) is 0 Å². The Morgan fingerprint density at radius 2 is 1.79 bits per heavy atom. The minimum Gasteiger partial charge on any atom is -0.340 e. The van der Waals surface area contributed by atoms with Gasteiger partial charge in [0.05, 0.1) is 5.92 Å². The lowest BCUT2D eigenvalue weighted by Gasteiger charge is -2.35. The maximum atomic E-state index is 12.7. The molecule has 0 bridgehead atoms. The second kappa shape index (κ2) is 7.34. The molecule has 2 heterocycles. The summed E-state index contributed by atoms with van der Waals surface area (Å²) in [7, 11) is 0. The van der Waals surface area contributed by atoms with Crippen molar-refractivity contribution in [3.8, 4) is 0 Å². The van der Waals surface area contributed by atoms with Crippen LogP contribution in [0, 0.1) is 12.8 Å². The van der Waals surface area contributed by atoms with Crippen LogP contribution >= 0.6 is 0 Å². The van der Waals surface area contributed by atoms with Crippen LogP contribution in [-0.4, -0.2) is 65.8 Å². The first-order valence-electron chi connectivity index (χ1n) is 8.91. The van der Waals surface area contributed by atoms with E-state index < -0.39 is 0 Å². The second-order valence-electron chi connectivity index (χ2n) is 6.92. The van der Waals surface area contributed by atoms with Crippen LogP contribution in [0.25, 0.3) is 0 Å². The number of piperazine rings is 1. The van der Waals surface area contributed by atoms with Crippen LogP contribution in [0.1, 0.15) is 24.5 Å². The third-order valence-electron chi connectivity index (χ3n) is 5.19. The Balaban J connectivity index is 1.56. The number of benzene rings is 1. The van der Waals surface area contributed by atoms with Gasteiger partial charge in [-0.25, -0.2) is 0 Å². The molecule has 0 radical (unpaired) electrons. The first-order chi connectivity index (χ1) is 11.6. The van der Waals surface area contributed by atoms with Crippen molar-refractivity contribution in [1.29, 1.82) is 0 Å². The number of amides is 2. The van der Waals surface area contributed by atoms with E-state index in [1.807, 2.05) is 9.80 Å². The highest BCUT2D eigenvalue weighted by Crippen LogP contribution is 2.23. The molecule has 2 saturated heterocycles. The van der Waals surface area contributed by atoms with E-state index in [2.05, 4.69) is 43.0 Å². The van der Waals surface area contributed by atoms with E-state index in [4.69, 9.17) is 0 Å². The number of nitrogens with zero attached hydrogens (tertiary/aromatic N) is 3. The summed E-state index contributed by atoms with van der Waals surface area (Å²) in [6, 6.07) is 8.24. The Kier molecular flexibility index (Phi) is 5.19. The first kappa shape index (κ1) is 17.0. The molecule has 0 N–H and O–H groups in total. The van der Waals surface area contributed by atoms with Crippen molar-refractivity contribution >= 4 is 11.8 Å². The molecule has 24 heavy (non-hydrogen) atoms. The molecule has 5 heteroatoms. The van der Waals surface area contributed by atoms with Crippen LogP contribution in [0.4, 0.5) is 0 Å². The summed E-state index contributed by atoms with van der Waals surface area (Å²) < 4.78 is 0. The minimum absolute atomic E-state index is 0.0983. The normalized spacial score (nSPS) is 22.2. The summed E-state index contributed by atoms with van der Waals surface area (Å²) in [4.78, 5) is 31.1. The predicted octanol–water partition coefficient (Wildman–Crippen LogP) is 1.51. The minimum atomic E-state index is -0.170. The monoisotopic (exact) mass is 329 g/mol. The number of carbonyl (C=O) groups excluding carboxylic acids is 2. The summed E-state index contributed by atoms with van der Waals surface area (Å²) in [5.74, 6) is 0.0859. The van der Waals surface area contributed by atoms with Gasteiger partial charge in [0, 0.05) is 45.7 Å². The average Bonchev–Trinajstić information content (AvgIpc) is 2.97. The van der Waals surface area contributed by atoms with Crippen LogP contribution < -0.4 is 0 Å². The van der Waals surface area contributed by atoms with E-state index in [9.17, 15) is 9.59 Å². The zero-order chi connectivity index (χ0) is 17.1. The molecule has 3 rings (SSSR count). The van der Waals surface area contributed by atoms with Gasteiger partial charge in [-0.05, 0) is 19.0 Å². The molecule has 130 valence electrons. The molecule has 2 fully saturated rings. The summed E-state index contributed by atoms with van der Waals surface area (Å²) in [6.45, 7) is 9.85. The van der Waals surface area contributed by atoms with E-state index >= 15 is 0 Å². The van der Waals surface area contributed by atoms with Crippen molar-refractivity contribution in [1.82, 2.24) is 14.7 Å². The summed E-state index contributed by atoms with van der Waals surface area (Å²) in [5, 5.41) is 0. The van der Waals surface area contributed by atoms with Crippen molar-refractivity contribution in [2.45, 2.75) is 26.8 Å². The number of hydrogen-bond donors (Lipinski definition) is 0. The third-order valence-corrected chi connectivity index (χ3v) is 5.19. The molecule has 2 amide bonds. The average molecular weight is 329 g/mol. The molecule has 5 nitrogen and oxygen atoms in total. The highest BCUT2D eigenvalue weighted by Gasteiger charge is 2.37. The smallest absolute Gasteiger partial charge is 0.228 e. The van der Waals surface area contributed by atoms with Crippen LogP contribution in [0.2, 0.25) is 0 Å². The fraction of sp³-hybridized carbons (Fsp3) is 0.579. The zero-order valence-electron chi connectivity index (χ0n) is 14.7. The Morgan fingerprint density at radius 3 is 2.42 bits per heavy atom. The molecule has 2 aliphatic heterocycles. The van der Waals surface area contributed by atoms with Crippen molar-refractivity contribution in [2.24, 2.45) is 5.92 Å². The van der Waals surface area contributed by atoms with E-state index in [0.29, 0.717) is 19.5 Å². The number of carbonyl (C=O) groups is 2. The van der Waals surface area contributed by atoms with Crippen molar-refractivity contribution < 1.29 is 9.59 Å². The number of aryl methyl sites for hydroxylation is 1. The Hall–Kier alpha value is -1.88. The highest BCUT2D eigenvalue weighted by molar-refractivity contribution is 5.89. The zero-order valence-corrected chi connectivity index (χ0v) is 14.7. The van der Waals surface area contributed by atoms with E-state index in [-0.39, 0.29) is 17.7 Å². The lowest BCUT2D eigenvalue weighted by atomic mass is 10.1. The van der Waals surface area contributed by atoms with Crippen molar-refractivity contribution in [3.63, 3.8) is 0 Å². The molecule has 0 aromatic heterocycles. The van der Waals surface area contributed by atoms with Crippen LogP contribution in [0.15, 0.2) is 24.3 Å². The maximum Gasteiger partial charge on any atom is 0.228 e. The molecule has 1 aromatic carbocycles. The lowest BCUT2D eigenvalue weighted by Crippen LogP contribution is -2.50. The Bertz CT molecular complexity index is 591. The van der Waals surface area contributed by atoms with Gasteiger partial charge in [0.2, 0.25) is 11.8 Å². The standard InChI is InChI=1S/C19H27N3O2/c1-3-20-8-10-21(11-9-20)19(24)17-12-18(23)22(14-17)13-16-6-4-15(2)5-7-16/h4-7,17H,3,8-14H2,1-2H3.